The van der Waals surface area contributed by atoms with E-state index in [2.05, 4.69) is 14.7 Å². The minimum atomic E-state index is -4.94. The van der Waals surface area contributed by atoms with Crippen LogP contribution in [0.25, 0.3) is 11.0 Å². The number of carbonyl (C=O) groups is 1. The van der Waals surface area contributed by atoms with E-state index in [4.69, 9.17) is 5.11 Å². The van der Waals surface area contributed by atoms with E-state index in [1.165, 1.54) is 6.20 Å². The minimum Gasteiger partial charge on any atom is -0.478 e. The molecule has 1 heterocycles. The average molecular weight is 272 g/mol. The summed E-state index contributed by atoms with van der Waals surface area (Å²) in [5.74, 6) is -2.06. The van der Waals surface area contributed by atoms with E-state index >= 15 is 0 Å². The second-order valence-corrected chi connectivity index (χ2v) is 3.71. The number of aromatic carboxylic acids is 1. The topological polar surface area (TPSA) is 72.3 Å². The molecule has 0 atom stereocenters. The molecule has 19 heavy (non-hydrogen) atoms. The number of alkyl halides is 3. The molecule has 0 aliphatic heterocycles. The summed E-state index contributed by atoms with van der Waals surface area (Å²) in [6.07, 6.45) is -3.61. The lowest BCUT2D eigenvalue weighted by Gasteiger charge is -2.11. The van der Waals surface area contributed by atoms with Crippen LogP contribution < -0.4 is 4.74 Å². The van der Waals surface area contributed by atoms with Gasteiger partial charge in [0.2, 0.25) is 0 Å². The van der Waals surface area contributed by atoms with Crippen LogP contribution in [0.5, 0.6) is 5.75 Å². The van der Waals surface area contributed by atoms with Gasteiger partial charge in [-0.25, -0.2) is 9.78 Å². The zero-order chi connectivity index (χ0) is 14.2. The first kappa shape index (κ1) is 13.1. The SMILES string of the molecule is Cc1cnc2cc(C(=O)O)cc(OC(F)(F)F)c2n1. The Bertz CT molecular complexity index is 655. The molecule has 0 bridgehead atoms. The van der Waals surface area contributed by atoms with Crippen molar-refractivity contribution in [2.75, 3.05) is 0 Å². The van der Waals surface area contributed by atoms with Gasteiger partial charge < -0.3 is 9.84 Å². The van der Waals surface area contributed by atoms with Crippen LogP contribution in [0.4, 0.5) is 13.2 Å². The zero-order valence-corrected chi connectivity index (χ0v) is 9.52. The highest BCUT2D eigenvalue weighted by molar-refractivity contribution is 5.94. The fraction of sp³-hybridized carbons (Fsp3) is 0.182. The number of carboxylic acid groups (broad SMARTS) is 1. The van der Waals surface area contributed by atoms with Gasteiger partial charge in [0.15, 0.2) is 5.75 Å². The molecule has 0 spiro atoms. The average Bonchev–Trinajstić information content (AvgIpc) is 2.27. The number of benzene rings is 1. The van der Waals surface area contributed by atoms with Crippen molar-refractivity contribution < 1.29 is 27.8 Å². The van der Waals surface area contributed by atoms with Gasteiger partial charge in [0, 0.05) is 6.20 Å². The van der Waals surface area contributed by atoms with Crippen molar-refractivity contribution in [2.45, 2.75) is 13.3 Å². The fourth-order valence-corrected chi connectivity index (χ4v) is 1.50. The van der Waals surface area contributed by atoms with Crippen LogP contribution in [0.1, 0.15) is 16.1 Å². The first-order valence-electron chi connectivity index (χ1n) is 5.03. The van der Waals surface area contributed by atoms with Crippen molar-refractivity contribution in [3.05, 3.63) is 29.6 Å². The number of ether oxygens (including phenoxy) is 1. The van der Waals surface area contributed by atoms with Gasteiger partial charge >= 0.3 is 12.3 Å². The summed E-state index contributed by atoms with van der Waals surface area (Å²) < 4.78 is 40.6. The summed E-state index contributed by atoms with van der Waals surface area (Å²) in [6.45, 7) is 1.55. The quantitative estimate of drug-likeness (QED) is 0.909. The molecule has 0 aliphatic carbocycles. The molecule has 0 fully saturated rings. The Kier molecular flexibility index (Phi) is 3.01. The number of aryl methyl sites for hydroxylation is 1. The highest BCUT2D eigenvalue weighted by atomic mass is 19.4. The largest absolute Gasteiger partial charge is 0.573 e. The van der Waals surface area contributed by atoms with E-state index in [1.807, 2.05) is 0 Å². The van der Waals surface area contributed by atoms with E-state index in [9.17, 15) is 18.0 Å². The van der Waals surface area contributed by atoms with Crippen molar-refractivity contribution in [2.24, 2.45) is 0 Å². The van der Waals surface area contributed by atoms with Crippen molar-refractivity contribution in [3.8, 4) is 5.75 Å². The lowest BCUT2D eigenvalue weighted by atomic mass is 10.1. The second kappa shape index (κ2) is 4.38. The highest BCUT2D eigenvalue weighted by Gasteiger charge is 2.32. The van der Waals surface area contributed by atoms with Crippen LogP contribution in [0.3, 0.4) is 0 Å². The van der Waals surface area contributed by atoms with Gasteiger partial charge in [-0.15, -0.1) is 13.2 Å². The molecule has 0 amide bonds. The third-order valence-electron chi connectivity index (χ3n) is 2.21. The second-order valence-electron chi connectivity index (χ2n) is 3.71. The van der Waals surface area contributed by atoms with E-state index in [-0.39, 0.29) is 16.6 Å². The lowest BCUT2D eigenvalue weighted by molar-refractivity contribution is -0.274. The van der Waals surface area contributed by atoms with Crippen LogP contribution >= 0.6 is 0 Å². The van der Waals surface area contributed by atoms with Crippen molar-refractivity contribution in [1.82, 2.24) is 9.97 Å². The molecule has 0 aliphatic rings. The molecule has 1 aromatic heterocycles. The van der Waals surface area contributed by atoms with Gasteiger partial charge in [-0.3, -0.25) is 4.98 Å². The number of carboxylic acids is 1. The molecule has 1 N–H and O–H groups in total. The first-order valence-corrected chi connectivity index (χ1v) is 5.03. The summed E-state index contributed by atoms with van der Waals surface area (Å²) in [5, 5.41) is 8.84. The lowest BCUT2D eigenvalue weighted by Crippen LogP contribution is -2.18. The minimum absolute atomic E-state index is 0.0183. The van der Waals surface area contributed by atoms with Crippen LogP contribution in [-0.4, -0.2) is 27.4 Å². The number of halogens is 3. The predicted octanol–water partition coefficient (Wildman–Crippen LogP) is 2.54. The normalized spacial score (nSPS) is 11.6. The summed E-state index contributed by atoms with van der Waals surface area (Å²) in [7, 11) is 0. The van der Waals surface area contributed by atoms with Crippen molar-refractivity contribution >= 4 is 17.0 Å². The van der Waals surface area contributed by atoms with Gasteiger partial charge in [-0.2, -0.15) is 0 Å². The Hall–Kier alpha value is -2.38. The third kappa shape index (κ3) is 2.90. The zero-order valence-electron chi connectivity index (χ0n) is 9.52. The smallest absolute Gasteiger partial charge is 0.478 e. The molecule has 0 saturated carbocycles. The molecule has 5 nitrogen and oxygen atoms in total. The molecule has 1 aromatic carbocycles. The molecular weight excluding hydrogens is 265 g/mol. The summed E-state index contributed by atoms with van der Waals surface area (Å²) in [4.78, 5) is 18.6. The number of rotatable bonds is 2. The monoisotopic (exact) mass is 272 g/mol. The summed E-state index contributed by atoms with van der Waals surface area (Å²) >= 11 is 0. The van der Waals surface area contributed by atoms with E-state index in [0.717, 1.165) is 12.1 Å². The number of fused-ring (bicyclic) bond motifs is 1. The van der Waals surface area contributed by atoms with E-state index in [1.54, 1.807) is 6.92 Å². The maximum absolute atomic E-state index is 12.3. The maximum atomic E-state index is 12.3. The van der Waals surface area contributed by atoms with Crippen LogP contribution in [-0.2, 0) is 0 Å². The van der Waals surface area contributed by atoms with Crippen molar-refractivity contribution in [3.63, 3.8) is 0 Å². The third-order valence-corrected chi connectivity index (χ3v) is 2.21. The van der Waals surface area contributed by atoms with Crippen LogP contribution in [0, 0.1) is 6.92 Å². The maximum Gasteiger partial charge on any atom is 0.573 e. The van der Waals surface area contributed by atoms with Gasteiger partial charge in [-0.05, 0) is 19.1 Å². The van der Waals surface area contributed by atoms with Gasteiger partial charge in [-0.1, -0.05) is 0 Å². The van der Waals surface area contributed by atoms with Gasteiger partial charge in [0.05, 0.1) is 16.8 Å². The van der Waals surface area contributed by atoms with E-state index in [0.29, 0.717) is 5.69 Å². The van der Waals surface area contributed by atoms with Crippen LogP contribution in [0.15, 0.2) is 18.3 Å². The molecule has 0 radical (unpaired) electrons. The van der Waals surface area contributed by atoms with Gasteiger partial charge in [0.1, 0.15) is 5.52 Å². The molecule has 0 saturated heterocycles. The molecule has 100 valence electrons. The highest BCUT2D eigenvalue weighted by Crippen LogP contribution is 2.30. The van der Waals surface area contributed by atoms with Gasteiger partial charge in [0.25, 0.3) is 0 Å². The van der Waals surface area contributed by atoms with E-state index < -0.39 is 18.1 Å². The number of aromatic nitrogens is 2. The molecule has 2 rings (SSSR count). The standard InChI is InChI=1S/C11H7F3N2O3/c1-5-4-15-7-2-6(10(17)18)3-8(9(7)16-5)19-11(12,13)14/h2-4H,1H3,(H,17,18). The van der Waals surface area contributed by atoms with Crippen molar-refractivity contribution in [1.29, 1.82) is 0 Å². The first-order chi connectivity index (χ1) is 8.76. The number of nitrogens with zero attached hydrogens (tertiary/aromatic N) is 2. The summed E-state index contributed by atoms with van der Waals surface area (Å²) in [6, 6.07) is 1.90. The Labute approximate surface area is 104 Å². The Morgan fingerprint density at radius 1 is 1.37 bits per heavy atom. The Morgan fingerprint density at radius 2 is 2.05 bits per heavy atom. The number of hydrogen-bond acceptors (Lipinski definition) is 4. The number of hydrogen-bond donors (Lipinski definition) is 1. The van der Waals surface area contributed by atoms with Crippen LogP contribution in [0.2, 0.25) is 0 Å². The molecule has 0 unspecified atom stereocenters. The Balaban J connectivity index is 2.69. The fourth-order valence-electron chi connectivity index (χ4n) is 1.50. The molecular formula is C11H7F3N2O3. The predicted molar refractivity (Wildman–Crippen MR) is 57.9 cm³/mol. The molecule has 2 aromatic rings. The Morgan fingerprint density at radius 3 is 2.63 bits per heavy atom. The summed E-state index contributed by atoms with van der Waals surface area (Å²) in [5.41, 5.74) is -0.0837. The molecule has 8 heteroatoms.